The largest absolute Gasteiger partial charge is 0.481 e. The summed E-state index contributed by atoms with van der Waals surface area (Å²) in [5, 5.41) is 8.84. The monoisotopic (exact) mass is 382 g/mol. The Labute approximate surface area is 154 Å². The number of benzene rings is 1. The number of carboxylic acid groups (broad SMARTS) is 1. The summed E-state index contributed by atoms with van der Waals surface area (Å²) in [5.74, 6) is -0.652. The highest BCUT2D eigenvalue weighted by atomic mass is 32.2. The molecule has 1 fully saturated rings. The molecule has 8 heteroatoms. The molecule has 1 aromatic rings. The predicted octanol–water partition coefficient (Wildman–Crippen LogP) is 1.95. The summed E-state index contributed by atoms with van der Waals surface area (Å²) >= 11 is 0. The highest BCUT2D eigenvalue weighted by Crippen LogP contribution is 2.22. The van der Waals surface area contributed by atoms with Gasteiger partial charge in [-0.1, -0.05) is 13.8 Å². The molecule has 0 unspecified atom stereocenters. The number of carbonyl (C=O) groups is 2. The molecule has 0 atom stereocenters. The van der Waals surface area contributed by atoms with Crippen molar-refractivity contribution in [2.24, 2.45) is 11.8 Å². The molecule has 1 aliphatic heterocycles. The van der Waals surface area contributed by atoms with Gasteiger partial charge >= 0.3 is 5.97 Å². The lowest BCUT2D eigenvalue weighted by Gasteiger charge is -2.31. The first-order chi connectivity index (χ1) is 12.2. The number of piperidine rings is 1. The number of hydrogen-bond acceptors (Lipinski definition) is 4. The maximum atomic E-state index is 12.5. The maximum absolute atomic E-state index is 12.5. The molecule has 7 nitrogen and oxygen atoms in total. The maximum Gasteiger partial charge on any atom is 0.303 e. The normalized spacial score (nSPS) is 16.0. The second-order valence-electron chi connectivity index (χ2n) is 7.10. The molecular weight excluding hydrogens is 356 g/mol. The molecule has 1 aliphatic rings. The summed E-state index contributed by atoms with van der Waals surface area (Å²) in [4.78, 5) is 25.1. The standard InChI is InChI=1S/C18H26N2O5S/c1-13(2)12-19-26(24,25)16-5-3-15(4-6-16)18(23)20-9-7-14(8-10-20)11-17(21)22/h3-6,13-14,19H,7-12H2,1-2H3,(H,21,22). The van der Waals surface area contributed by atoms with Crippen molar-refractivity contribution < 1.29 is 23.1 Å². The molecule has 0 aliphatic carbocycles. The fraction of sp³-hybridized carbons (Fsp3) is 0.556. The summed E-state index contributed by atoms with van der Waals surface area (Å²) < 4.78 is 26.9. The summed E-state index contributed by atoms with van der Waals surface area (Å²) in [7, 11) is -3.57. The van der Waals surface area contributed by atoms with Crippen LogP contribution in [0.4, 0.5) is 0 Å². The van der Waals surface area contributed by atoms with Gasteiger partial charge in [-0.2, -0.15) is 0 Å². The van der Waals surface area contributed by atoms with Crippen LogP contribution in [0.5, 0.6) is 0 Å². The Morgan fingerprint density at radius 3 is 2.27 bits per heavy atom. The third-order valence-electron chi connectivity index (χ3n) is 4.46. The van der Waals surface area contributed by atoms with Crippen LogP contribution in [0.2, 0.25) is 0 Å². The molecule has 26 heavy (non-hydrogen) atoms. The van der Waals surface area contributed by atoms with Gasteiger partial charge < -0.3 is 10.0 Å². The summed E-state index contributed by atoms with van der Waals surface area (Å²) in [6.07, 6.45) is 1.48. The van der Waals surface area contributed by atoms with Crippen molar-refractivity contribution >= 4 is 21.9 Å². The summed E-state index contributed by atoms with van der Waals surface area (Å²) in [6, 6.07) is 5.92. The van der Waals surface area contributed by atoms with Crippen molar-refractivity contribution in [1.82, 2.24) is 9.62 Å². The van der Waals surface area contributed by atoms with Crippen molar-refractivity contribution in [2.75, 3.05) is 19.6 Å². The Hall–Kier alpha value is -1.93. The molecule has 1 saturated heterocycles. The second-order valence-corrected chi connectivity index (χ2v) is 8.87. The van der Waals surface area contributed by atoms with Crippen LogP contribution in [0.3, 0.4) is 0 Å². The first-order valence-electron chi connectivity index (χ1n) is 8.80. The molecule has 2 rings (SSSR count). The van der Waals surface area contributed by atoms with Gasteiger partial charge in [-0.3, -0.25) is 9.59 Å². The number of likely N-dealkylation sites (tertiary alicyclic amines) is 1. The van der Waals surface area contributed by atoms with E-state index in [1.807, 2.05) is 13.8 Å². The number of amides is 1. The average molecular weight is 382 g/mol. The number of rotatable bonds is 7. The molecule has 1 heterocycles. The summed E-state index contributed by atoms with van der Waals surface area (Å²) in [6.45, 7) is 5.24. The van der Waals surface area contributed by atoms with Gasteiger partial charge in [0.25, 0.3) is 5.91 Å². The smallest absolute Gasteiger partial charge is 0.303 e. The van der Waals surface area contributed by atoms with E-state index in [-0.39, 0.29) is 29.1 Å². The first-order valence-corrected chi connectivity index (χ1v) is 10.3. The molecule has 1 amide bonds. The highest BCUT2D eigenvalue weighted by Gasteiger charge is 2.25. The zero-order valence-corrected chi connectivity index (χ0v) is 16.0. The van der Waals surface area contributed by atoms with E-state index < -0.39 is 16.0 Å². The Balaban J connectivity index is 1.98. The Bertz CT molecular complexity index is 735. The van der Waals surface area contributed by atoms with Gasteiger partial charge in [-0.25, -0.2) is 13.1 Å². The first kappa shape index (κ1) is 20.4. The zero-order valence-electron chi connectivity index (χ0n) is 15.1. The number of aliphatic carboxylic acids is 1. The van der Waals surface area contributed by atoms with Crippen molar-refractivity contribution in [3.05, 3.63) is 29.8 Å². The third kappa shape index (κ3) is 5.54. The number of carbonyl (C=O) groups excluding carboxylic acids is 1. The number of carboxylic acids is 1. The van der Waals surface area contributed by atoms with E-state index in [4.69, 9.17) is 5.11 Å². The van der Waals surface area contributed by atoms with Crippen molar-refractivity contribution in [3.8, 4) is 0 Å². The number of nitrogens with one attached hydrogen (secondary N) is 1. The van der Waals surface area contributed by atoms with E-state index in [0.717, 1.165) is 0 Å². The molecular formula is C18H26N2O5S. The van der Waals surface area contributed by atoms with Crippen LogP contribution < -0.4 is 4.72 Å². The van der Waals surface area contributed by atoms with Gasteiger partial charge in [-0.05, 0) is 48.9 Å². The van der Waals surface area contributed by atoms with Crippen LogP contribution in [-0.2, 0) is 14.8 Å². The van der Waals surface area contributed by atoms with Gasteiger partial charge in [0.15, 0.2) is 0 Å². The van der Waals surface area contributed by atoms with E-state index in [9.17, 15) is 18.0 Å². The van der Waals surface area contributed by atoms with Crippen LogP contribution in [0, 0.1) is 11.8 Å². The zero-order chi connectivity index (χ0) is 19.3. The second kappa shape index (κ2) is 8.64. The molecule has 1 aromatic carbocycles. The minimum absolute atomic E-state index is 0.108. The van der Waals surface area contributed by atoms with Gasteiger partial charge in [0.2, 0.25) is 10.0 Å². The lowest BCUT2D eigenvalue weighted by atomic mass is 9.93. The quantitative estimate of drug-likeness (QED) is 0.750. The van der Waals surface area contributed by atoms with Crippen molar-refractivity contribution in [2.45, 2.75) is 38.0 Å². The minimum atomic E-state index is -3.57. The molecule has 0 aromatic heterocycles. The fourth-order valence-electron chi connectivity index (χ4n) is 2.91. The highest BCUT2D eigenvalue weighted by molar-refractivity contribution is 7.89. The molecule has 0 bridgehead atoms. The molecule has 144 valence electrons. The molecule has 2 N–H and O–H groups in total. The van der Waals surface area contributed by atoms with Crippen LogP contribution in [-0.4, -0.2) is 49.9 Å². The van der Waals surface area contributed by atoms with Gasteiger partial charge in [-0.15, -0.1) is 0 Å². The molecule has 0 spiro atoms. The van der Waals surface area contributed by atoms with E-state index in [2.05, 4.69) is 4.72 Å². The van der Waals surface area contributed by atoms with E-state index in [1.165, 1.54) is 24.3 Å². The number of sulfonamides is 1. The van der Waals surface area contributed by atoms with Gasteiger partial charge in [0.1, 0.15) is 0 Å². The lowest BCUT2D eigenvalue weighted by molar-refractivity contribution is -0.138. The van der Waals surface area contributed by atoms with Gasteiger partial charge in [0.05, 0.1) is 4.90 Å². The Morgan fingerprint density at radius 1 is 1.19 bits per heavy atom. The van der Waals surface area contributed by atoms with E-state index in [1.54, 1.807) is 4.90 Å². The average Bonchev–Trinajstić information content (AvgIpc) is 2.60. The number of hydrogen-bond donors (Lipinski definition) is 2. The minimum Gasteiger partial charge on any atom is -0.481 e. The van der Waals surface area contributed by atoms with E-state index >= 15 is 0 Å². The van der Waals surface area contributed by atoms with Crippen molar-refractivity contribution in [1.29, 1.82) is 0 Å². The number of nitrogens with zero attached hydrogens (tertiary/aromatic N) is 1. The predicted molar refractivity (Wildman–Crippen MR) is 97.3 cm³/mol. The Kier molecular flexibility index (Phi) is 6.77. The fourth-order valence-corrected chi connectivity index (χ4v) is 4.12. The third-order valence-corrected chi connectivity index (χ3v) is 5.90. The van der Waals surface area contributed by atoms with Crippen LogP contribution >= 0.6 is 0 Å². The van der Waals surface area contributed by atoms with Gasteiger partial charge in [0, 0.05) is 31.6 Å². The molecule has 0 radical (unpaired) electrons. The van der Waals surface area contributed by atoms with Crippen molar-refractivity contribution in [3.63, 3.8) is 0 Å². The van der Waals surface area contributed by atoms with Crippen LogP contribution in [0.25, 0.3) is 0 Å². The molecule has 0 saturated carbocycles. The van der Waals surface area contributed by atoms with E-state index in [0.29, 0.717) is 38.0 Å². The van der Waals surface area contributed by atoms with Crippen LogP contribution in [0.1, 0.15) is 43.5 Å². The summed E-state index contributed by atoms with van der Waals surface area (Å²) in [5.41, 5.74) is 0.435. The Morgan fingerprint density at radius 2 is 1.77 bits per heavy atom. The topological polar surface area (TPSA) is 104 Å². The SMILES string of the molecule is CC(C)CNS(=O)(=O)c1ccc(C(=O)N2CCC(CC(=O)O)CC2)cc1. The lowest BCUT2D eigenvalue weighted by Crippen LogP contribution is -2.38. The van der Waals surface area contributed by atoms with Crippen LogP contribution in [0.15, 0.2) is 29.2 Å².